The van der Waals surface area contributed by atoms with Crippen LogP contribution in [-0.4, -0.2) is 22.3 Å². The second-order valence-electron chi connectivity index (χ2n) is 3.27. The number of carbonyl (C=O) groups is 1. The highest BCUT2D eigenvalue weighted by molar-refractivity contribution is 9.10. The smallest absolute Gasteiger partial charge is 0.222 e. The molecule has 0 aliphatic carbocycles. The number of rotatable bonds is 2. The summed E-state index contributed by atoms with van der Waals surface area (Å²) in [5.41, 5.74) is 1.15. The Balaban J connectivity index is 2.01. The maximum Gasteiger partial charge on any atom is 0.222 e. The topological polar surface area (TPSA) is 36.1 Å². The summed E-state index contributed by atoms with van der Waals surface area (Å²) in [6.07, 6.45) is 3.64. The van der Waals surface area contributed by atoms with E-state index in [0.717, 1.165) is 29.7 Å². The summed E-state index contributed by atoms with van der Waals surface area (Å²) in [4.78, 5) is 16.2. The molecule has 1 aromatic heterocycles. The zero-order valence-electron chi connectivity index (χ0n) is 7.22. The van der Waals surface area contributed by atoms with E-state index in [4.69, 9.17) is 0 Å². The molecule has 1 aromatic rings. The Labute approximate surface area is 85.2 Å². The van der Waals surface area contributed by atoms with Crippen LogP contribution in [-0.2, 0) is 11.3 Å². The maximum absolute atomic E-state index is 11.3. The number of hydrogen-bond acceptors (Lipinski definition) is 1. The van der Waals surface area contributed by atoms with Crippen LogP contribution in [0.2, 0.25) is 0 Å². The largest absolute Gasteiger partial charge is 0.356 e. The normalized spacial score (nSPS) is 17.0. The third-order valence-corrected chi connectivity index (χ3v) is 2.71. The average Bonchev–Trinajstić information content (AvgIpc) is 2.64. The first-order valence-corrected chi connectivity index (χ1v) is 5.15. The summed E-state index contributed by atoms with van der Waals surface area (Å²) in [5, 5.41) is 0. The molecule has 1 saturated heterocycles. The summed E-state index contributed by atoms with van der Waals surface area (Å²) < 4.78 is 0.967. The van der Waals surface area contributed by atoms with E-state index in [9.17, 15) is 4.79 Å². The zero-order valence-corrected chi connectivity index (χ0v) is 8.80. The molecule has 1 aliphatic heterocycles. The summed E-state index contributed by atoms with van der Waals surface area (Å²) in [5.74, 6) is 0.275. The minimum atomic E-state index is 0.275. The molecule has 3 nitrogen and oxygen atoms in total. The highest BCUT2D eigenvalue weighted by atomic mass is 79.9. The number of aromatic amines is 1. The number of amides is 1. The molecule has 1 aliphatic rings. The lowest BCUT2D eigenvalue weighted by molar-refractivity contribution is -0.128. The number of nitrogens with one attached hydrogen (secondary N) is 1. The first-order chi connectivity index (χ1) is 6.25. The standard InChI is InChI=1S/C9H11BrN2O/c10-8-4-7(5-11-8)6-12-3-1-2-9(12)13/h4-5,11H,1-3,6H2. The van der Waals surface area contributed by atoms with E-state index >= 15 is 0 Å². The van der Waals surface area contributed by atoms with E-state index in [1.54, 1.807) is 0 Å². The van der Waals surface area contributed by atoms with Gasteiger partial charge in [0.2, 0.25) is 5.91 Å². The van der Waals surface area contributed by atoms with Crippen LogP contribution in [0.5, 0.6) is 0 Å². The summed E-state index contributed by atoms with van der Waals surface area (Å²) in [6.45, 7) is 1.64. The van der Waals surface area contributed by atoms with Crippen molar-refractivity contribution < 1.29 is 4.79 Å². The van der Waals surface area contributed by atoms with E-state index in [1.807, 2.05) is 17.2 Å². The number of nitrogens with zero attached hydrogens (tertiary/aromatic N) is 1. The molecular formula is C9H11BrN2O. The van der Waals surface area contributed by atoms with Gasteiger partial charge in [0.25, 0.3) is 0 Å². The zero-order chi connectivity index (χ0) is 9.26. The summed E-state index contributed by atoms with van der Waals surface area (Å²) in [6, 6.07) is 2.01. The van der Waals surface area contributed by atoms with Gasteiger partial charge in [-0.2, -0.15) is 0 Å². The third kappa shape index (κ3) is 1.94. The molecule has 70 valence electrons. The van der Waals surface area contributed by atoms with E-state index in [1.165, 1.54) is 0 Å². The predicted octanol–water partition coefficient (Wildman–Crippen LogP) is 1.90. The summed E-state index contributed by atoms with van der Waals surface area (Å²) >= 11 is 3.34. The second-order valence-corrected chi connectivity index (χ2v) is 4.13. The van der Waals surface area contributed by atoms with E-state index in [2.05, 4.69) is 20.9 Å². The van der Waals surface area contributed by atoms with Crippen molar-refractivity contribution in [3.63, 3.8) is 0 Å². The van der Waals surface area contributed by atoms with Gasteiger partial charge in [0.05, 0.1) is 4.60 Å². The van der Waals surface area contributed by atoms with Crippen LogP contribution in [0.3, 0.4) is 0 Å². The first kappa shape index (κ1) is 8.81. The number of aromatic nitrogens is 1. The monoisotopic (exact) mass is 242 g/mol. The Bertz CT molecular complexity index is 321. The van der Waals surface area contributed by atoms with Gasteiger partial charge in [-0.15, -0.1) is 0 Å². The highest BCUT2D eigenvalue weighted by Gasteiger charge is 2.19. The fourth-order valence-electron chi connectivity index (χ4n) is 1.59. The van der Waals surface area contributed by atoms with Gasteiger partial charge in [-0.3, -0.25) is 4.79 Å². The van der Waals surface area contributed by atoms with Gasteiger partial charge >= 0.3 is 0 Å². The Morgan fingerprint density at radius 2 is 2.46 bits per heavy atom. The minimum Gasteiger partial charge on any atom is -0.356 e. The number of likely N-dealkylation sites (tertiary alicyclic amines) is 1. The molecule has 0 aromatic carbocycles. The Kier molecular flexibility index (Phi) is 2.40. The Morgan fingerprint density at radius 1 is 1.62 bits per heavy atom. The predicted molar refractivity (Wildman–Crippen MR) is 53.1 cm³/mol. The Morgan fingerprint density at radius 3 is 3.00 bits per heavy atom. The van der Waals surface area contributed by atoms with Crippen LogP contribution in [0.4, 0.5) is 0 Å². The third-order valence-electron chi connectivity index (χ3n) is 2.25. The van der Waals surface area contributed by atoms with Crippen LogP contribution in [0, 0.1) is 0 Å². The van der Waals surface area contributed by atoms with Gasteiger partial charge in [0.1, 0.15) is 0 Å². The molecule has 0 radical (unpaired) electrons. The van der Waals surface area contributed by atoms with E-state index < -0.39 is 0 Å². The molecule has 0 atom stereocenters. The molecule has 4 heteroatoms. The van der Waals surface area contributed by atoms with Crippen LogP contribution in [0.25, 0.3) is 0 Å². The SMILES string of the molecule is O=C1CCCN1Cc1c[nH]c(Br)c1. The van der Waals surface area contributed by atoms with Crippen molar-refractivity contribution >= 4 is 21.8 Å². The molecule has 1 amide bonds. The van der Waals surface area contributed by atoms with Crippen molar-refractivity contribution in [2.24, 2.45) is 0 Å². The molecule has 2 rings (SSSR count). The minimum absolute atomic E-state index is 0.275. The van der Waals surface area contributed by atoms with Gasteiger partial charge in [-0.1, -0.05) is 0 Å². The lowest BCUT2D eigenvalue weighted by Gasteiger charge is -2.13. The van der Waals surface area contributed by atoms with Crippen molar-refractivity contribution in [2.45, 2.75) is 19.4 Å². The molecule has 1 fully saturated rings. The fourth-order valence-corrected chi connectivity index (χ4v) is 2.00. The molecule has 0 bridgehead atoms. The van der Waals surface area contributed by atoms with Crippen LogP contribution in [0.15, 0.2) is 16.9 Å². The number of carbonyl (C=O) groups excluding carboxylic acids is 1. The van der Waals surface area contributed by atoms with Gasteiger partial charge in [-0.25, -0.2) is 0 Å². The van der Waals surface area contributed by atoms with Gasteiger partial charge in [-0.05, 0) is 34.0 Å². The lowest BCUT2D eigenvalue weighted by atomic mass is 10.3. The van der Waals surface area contributed by atoms with Gasteiger partial charge in [0.15, 0.2) is 0 Å². The van der Waals surface area contributed by atoms with Gasteiger partial charge in [0, 0.05) is 25.7 Å². The molecular weight excluding hydrogens is 232 g/mol. The highest BCUT2D eigenvalue weighted by Crippen LogP contribution is 2.16. The quantitative estimate of drug-likeness (QED) is 0.846. The summed E-state index contributed by atoms with van der Waals surface area (Å²) in [7, 11) is 0. The van der Waals surface area contributed by atoms with Crippen LogP contribution >= 0.6 is 15.9 Å². The van der Waals surface area contributed by atoms with E-state index in [0.29, 0.717) is 6.42 Å². The molecule has 0 saturated carbocycles. The number of halogens is 1. The van der Waals surface area contributed by atoms with Crippen molar-refractivity contribution in [2.75, 3.05) is 6.54 Å². The molecule has 0 unspecified atom stereocenters. The van der Waals surface area contributed by atoms with Crippen LogP contribution in [0.1, 0.15) is 18.4 Å². The number of H-pyrrole nitrogens is 1. The number of hydrogen-bond donors (Lipinski definition) is 1. The Hall–Kier alpha value is -0.770. The maximum atomic E-state index is 11.3. The molecule has 2 heterocycles. The first-order valence-electron chi connectivity index (χ1n) is 4.36. The fraction of sp³-hybridized carbons (Fsp3) is 0.444. The van der Waals surface area contributed by atoms with Crippen LogP contribution < -0.4 is 0 Å². The lowest BCUT2D eigenvalue weighted by Crippen LogP contribution is -2.23. The molecule has 13 heavy (non-hydrogen) atoms. The van der Waals surface area contributed by atoms with Crippen molar-refractivity contribution in [1.82, 2.24) is 9.88 Å². The van der Waals surface area contributed by atoms with Gasteiger partial charge < -0.3 is 9.88 Å². The molecule has 0 spiro atoms. The van der Waals surface area contributed by atoms with Crippen molar-refractivity contribution in [3.8, 4) is 0 Å². The van der Waals surface area contributed by atoms with E-state index in [-0.39, 0.29) is 5.91 Å². The molecule has 1 N–H and O–H groups in total. The van der Waals surface area contributed by atoms with Crippen molar-refractivity contribution in [3.05, 3.63) is 22.4 Å². The second kappa shape index (κ2) is 3.54. The average molecular weight is 243 g/mol. The van der Waals surface area contributed by atoms with Crippen molar-refractivity contribution in [1.29, 1.82) is 0 Å².